The van der Waals surface area contributed by atoms with E-state index in [4.69, 9.17) is 9.47 Å². The number of anilines is 1. The minimum atomic E-state index is -0.420. The summed E-state index contributed by atoms with van der Waals surface area (Å²) in [4.78, 5) is 35.5. The minimum Gasteiger partial charge on any atom is -0.478 e. The molecule has 1 amide bonds. The van der Waals surface area contributed by atoms with Crippen molar-refractivity contribution in [3.05, 3.63) is 58.0 Å². The van der Waals surface area contributed by atoms with Crippen molar-refractivity contribution in [2.45, 2.75) is 20.4 Å². The summed E-state index contributed by atoms with van der Waals surface area (Å²) in [6.45, 7) is 3.96. The van der Waals surface area contributed by atoms with Gasteiger partial charge in [-0.15, -0.1) is 0 Å². The number of aromatic nitrogens is 1. The second-order valence-corrected chi connectivity index (χ2v) is 5.75. The smallest absolute Gasteiger partial charge is 0.262 e. The maximum absolute atomic E-state index is 12.1. The van der Waals surface area contributed by atoms with Crippen molar-refractivity contribution >= 4 is 17.4 Å². The van der Waals surface area contributed by atoms with Crippen molar-refractivity contribution in [3.8, 4) is 5.75 Å². The van der Waals surface area contributed by atoms with Gasteiger partial charge in [0.25, 0.3) is 5.91 Å². The fourth-order valence-electron chi connectivity index (χ4n) is 2.41. The number of Topliss-reactive ketones (excluding diaryl/α,β-unsaturated/α-hetero) is 1. The lowest BCUT2D eigenvalue weighted by Crippen LogP contribution is -2.24. The molecule has 1 heterocycles. The highest BCUT2D eigenvalue weighted by Crippen LogP contribution is 2.13. The van der Waals surface area contributed by atoms with Crippen LogP contribution in [0.5, 0.6) is 5.75 Å². The van der Waals surface area contributed by atoms with Crippen LogP contribution in [0.2, 0.25) is 0 Å². The molecule has 0 aliphatic carbocycles. The quantitative estimate of drug-likeness (QED) is 0.730. The lowest BCUT2D eigenvalue weighted by Gasteiger charge is -2.14. The first-order valence-corrected chi connectivity index (χ1v) is 8.15. The first-order valence-electron chi connectivity index (χ1n) is 8.15. The molecular formula is C19H22N2O5. The number of nitrogens with zero attached hydrogens (tertiary/aromatic N) is 1. The van der Waals surface area contributed by atoms with E-state index in [9.17, 15) is 14.4 Å². The number of benzene rings is 1. The third-order valence-corrected chi connectivity index (χ3v) is 3.83. The lowest BCUT2D eigenvalue weighted by molar-refractivity contribution is -0.118. The van der Waals surface area contributed by atoms with Gasteiger partial charge < -0.3 is 19.4 Å². The summed E-state index contributed by atoms with van der Waals surface area (Å²) in [5.41, 5.74) is 1.33. The molecule has 0 spiro atoms. The summed E-state index contributed by atoms with van der Waals surface area (Å²) in [5, 5.41) is 2.65. The number of hydrogen-bond donors (Lipinski definition) is 1. The molecule has 0 radical (unpaired) electrons. The molecule has 1 aromatic heterocycles. The Morgan fingerprint density at radius 2 is 2.00 bits per heavy atom. The van der Waals surface area contributed by atoms with Gasteiger partial charge in [0.2, 0.25) is 5.43 Å². The van der Waals surface area contributed by atoms with E-state index in [0.717, 1.165) is 0 Å². The molecule has 0 unspecified atom stereocenters. The normalized spacial score (nSPS) is 10.4. The maximum atomic E-state index is 12.1. The molecule has 7 heteroatoms. The molecular weight excluding hydrogens is 336 g/mol. The van der Waals surface area contributed by atoms with Crippen LogP contribution in [0, 0.1) is 6.92 Å². The van der Waals surface area contributed by atoms with Crippen LogP contribution in [0.1, 0.15) is 23.0 Å². The number of methoxy groups -OCH3 is 1. The zero-order valence-corrected chi connectivity index (χ0v) is 15.1. The number of carbonyl (C=O) groups excluding carboxylic acids is 2. The van der Waals surface area contributed by atoms with E-state index >= 15 is 0 Å². The maximum Gasteiger partial charge on any atom is 0.262 e. The number of nitrogens with one attached hydrogen (secondary N) is 1. The van der Waals surface area contributed by atoms with E-state index in [-0.39, 0.29) is 23.6 Å². The Balaban J connectivity index is 2.04. The monoisotopic (exact) mass is 358 g/mol. The van der Waals surface area contributed by atoms with Gasteiger partial charge in [-0.05, 0) is 26.0 Å². The van der Waals surface area contributed by atoms with E-state index in [1.807, 2.05) is 4.57 Å². The Kier molecular flexibility index (Phi) is 6.68. The van der Waals surface area contributed by atoms with Crippen LogP contribution in [0.4, 0.5) is 5.69 Å². The number of rotatable bonds is 8. The highest BCUT2D eigenvalue weighted by Gasteiger charge is 2.11. The molecule has 138 valence electrons. The van der Waals surface area contributed by atoms with Gasteiger partial charge in [-0.25, -0.2) is 0 Å². The molecule has 1 N–H and O–H groups in total. The van der Waals surface area contributed by atoms with E-state index in [0.29, 0.717) is 30.1 Å². The summed E-state index contributed by atoms with van der Waals surface area (Å²) in [6, 6.07) is 8.01. The van der Waals surface area contributed by atoms with Gasteiger partial charge in [-0.3, -0.25) is 14.4 Å². The van der Waals surface area contributed by atoms with E-state index < -0.39 is 5.91 Å². The van der Waals surface area contributed by atoms with Crippen molar-refractivity contribution in [3.63, 3.8) is 0 Å². The summed E-state index contributed by atoms with van der Waals surface area (Å²) >= 11 is 0. The first-order chi connectivity index (χ1) is 12.4. The van der Waals surface area contributed by atoms with Crippen LogP contribution in [0.15, 0.2) is 41.3 Å². The second-order valence-electron chi connectivity index (χ2n) is 5.75. The first kappa shape index (κ1) is 19.4. The SMILES string of the molecule is COCCn1ccc(=O)c(OCC(=O)Nc2cccc(C(C)=O)c2)c1C. The highest BCUT2D eigenvalue weighted by atomic mass is 16.5. The standard InChI is InChI=1S/C19H22N2O5/c1-13-19(17(23)7-8-21(13)9-10-25-3)26-12-18(24)20-16-6-4-5-15(11-16)14(2)22/h4-8,11H,9-10,12H2,1-3H3,(H,20,24). The Morgan fingerprint density at radius 3 is 2.69 bits per heavy atom. The molecule has 0 atom stereocenters. The molecule has 1 aromatic carbocycles. The van der Waals surface area contributed by atoms with Crippen LogP contribution in [-0.4, -0.2) is 36.6 Å². The van der Waals surface area contributed by atoms with Gasteiger partial charge >= 0.3 is 0 Å². The molecule has 0 aliphatic rings. The number of pyridine rings is 1. The summed E-state index contributed by atoms with van der Waals surface area (Å²) in [6.07, 6.45) is 1.66. The minimum absolute atomic E-state index is 0.0890. The molecule has 0 saturated carbocycles. The summed E-state index contributed by atoms with van der Waals surface area (Å²) < 4.78 is 12.3. The van der Waals surface area contributed by atoms with Crippen LogP contribution in [0.3, 0.4) is 0 Å². The molecule has 0 fully saturated rings. The Bertz CT molecular complexity index is 857. The van der Waals surface area contributed by atoms with Crippen molar-refractivity contribution in [2.75, 3.05) is 25.6 Å². The predicted molar refractivity (Wildman–Crippen MR) is 97.9 cm³/mol. The Hall–Kier alpha value is -2.93. The highest BCUT2D eigenvalue weighted by molar-refractivity contribution is 5.97. The predicted octanol–water partition coefficient (Wildman–Crippen LogP) is 2.02. The zero-order valence-electron chi connectivity index (χ0n) is 15.1. The van der Waals surface area contributed by atoms with E-state index in [2.05, 4.69) is 5.32 Å². The molecule has 2 aromatic rings. The zero-order chi connectivity index (χ0) is 19.1. The molecule has 2 rings (SSSR count). The van der Waals surface area contributed by atoms with Crippen LogP contribution < -0.4 is 15.5 Å². The summed E-state index contributed by atoms with van der Waals surface area (Å²) in [5.74, 6) is -0.373. The average Bonchev–Trinajstić information content (AvgIpc) is 2.61. The van der Waals surface area contributed by atoms with Crippen LogP contribution in [-0.2, 0) is 16.1 Å². The number of ether oxygens (including phenoxy) is 2. The largest absolute Gasteiger partial charge is 0.478 e. The van der Waals surface area contributed by atoms with Gasteiger partial charge in [0.15, 0.2) is 18.1 Å². The van der Waals surface area contributed by atoms with Gasteiger partial charge in [-0.1, -0.05) is 12.1 Å². The Morgan fingerprint density at radius 1 is 1.23 bits per heavy atom. The fourth-order valence-corrected chi connectivity index (χ4v) is 2.41. The van der Waals surface area contributed by atoms with E-state index in [1.165, 1.54) is 13.0 Å². The Labute approximate surface area is 151 Å². The van der Waals surface area contributed by atoms with Gasteiger partial charge in [-0.2, -0.15) is 0 Å². The third kappa shape index (κ3) is 5.03. The fraction of sp³-hybridized carbons (Fsp3) is 0.316. The van der Waals surface area contributed by atoms with Crippen molar-refractivity contribution < 1.29 is 19.1 Å². The molecule has 0 bridgehead atoms. The topological polar surface area (TPSA) is 86.6 Å². The van der Waals surface area contributed by atoms with Gasteiger partial charge in [0, 0.05) is 37.2 Å². The summed E-state index contributed by atoms with van der Waals surface area (Å²) in [7, 11) is 1.60. The molecule has 7 nitrogen and oxygen atoms in total. The van der Waals surface area contributed by atoms with Gasteiger partial charge in [0.05, 0.1) is 12.3 Å². The number of carbonyl (C=O) groups is 2. The number of amides is 1. The van der Waals surface area contributed by atoms with Crippen molar-refractivity contribution in [2.24, 2.45) is 0 Å². The second kappa shape index (κ2) is 8.96. The lowest BCUT2D eigenvalue weighted by atomic mass is 10.1. The van der Waals surface area contributed by atoms with Crippen molar-refractivity contribution in [1.82, 2.24) is 4.57 Å². The molecule has 26 heavy (non-hydrogen) atoms. The molecule has 0 saturated heterocycles. The number of ketones is 1. The van der Waals surface area contributed by atoms with Crippen LogP contribution in [0.25, 0.3) is 0 Å². The third-order valence-electron chi connectivity index (χ3n) is 3.83. The van der Waals surface area contributed by atoms with Gasteiger partial charge in [0.1, 0.15) is 0 Å². The molecule has 0 aliphatic heterocycles. The number of hydrogen-bond acceptors (Lipinski definition) is 5. The van der Waals surface area contributed by atoms with E-state index in [1.54, 1.807) is 44.5 Å². The van der Waals surface area contributed by atoms with Crippen molar-refractivity contribution in [1.29, 1.82) is 0 Å². The average molecular weight is 358 g/mol. The van der Waals surface area contributed by atoms with Crippen LogP contribution >= 0.6 is 0 Å².